The van der Waals surface area contributed by atoms with Crippen molar-refractivity contribution in [2.75, 3.05) is 0 Å². The first kappa shape index (κ1) is 14.4. The predicted octanol–water partition coefficient (Wildman–Crippen LogP) is 2.12. The average Bonchev–Trinajstić information content (AvgIpc) is 1.98. The molecule has 11 heteroatoms. The summed E-state index contributed by atoms with van der Waals surface area (Å²) in [7, 11) is -6.64. The van der Waals surface area contributed by atoms with Crippen molar-refractivity contribution in [3.8, 4) is 0 Å². The molecule has 0 rings (SSSR count). The summed E-state index contributed by atoms with van der Waals surface area (Å²) in [5.41, 5.74) is -9.80. The van der Waals surface area contributed by atoms with Crippen molar-refractivity contribution in [1.82, 2.24) is 0 Å². The first-order valence-electron chi connectivity index (χ1n) is 2.95. The predicted molar refractivity (Wildman–Crippen MR) is 30.8 cm³/mol. The molecular formula is C4H2F8O2S. The number of hydrogen-bond donors (Lipinski definition) is 0. The molecule has 0 heterocycles. The third kappa shape index (κ3) is 3.18. The van der Waals surface area contributed by atoms with Gasteiger partial charge in [-0.3, -0.25) is 0 Å². The first-order valence-corrected chi connectivity index (χ1v) is 4.56. The van der Waals surface area contributed by atoms with Gasteiger partial charge in [-0.1, -0.05) is 0 Å². The van der Waals surface area contributed by atoms with Gasteiger partial charge in [0.25, 0.3) is 11.0 Å². The van der Waals surface area contributed by atoms with Gasteiger partial charge in [0.15, 0.2) is 0 Å². The Morgan fingerprint density at radius 2 is 0.933 bits per heavy atom. The molecule has 0 aliphatic carbocycles. The van der Waals surface area contributed by atoms with Crippen LogP contribution in [-0.4, -0.2) is 31.8 Å². The Kier molecular flexibility index (Phi) is 3.60. The van der Waals surface area contributed by atoms with E-state index in [1.165, 1.54) is 0 Å². The lowest BCUT2D eigenvalue weighted by Crippen LogP contribution is -2.43. The normalized spacial score (nSPS) is 18.7. The van der Waals surface area contributed by atoms with Crippen LogP contribution in [0, 0.1) is 0 Å². The lowest BCUT2D eigenvalue weighted by Gasteiger charge is -2.17. The number of hydrogen-bond acceptors (Lipinski definition) is 2. The van der Waals surface area contributed by atoms with Crippen LogP contribution in [-0.2, 0) is 9.84 Å². The Morgan fingerprint density at radius 3 is 1.07 bits per heavy atom. The van der Waals surface area contributed by atoms with Gasteiger partial charge in [0, 0.05) is 0 Å². The van der Waals surface area contributed by atoms with E-state index in [1.54, 1.807) is 0 Å². The fraction of sp³-hybridized carbons (Fsp3) is 1.00. The first-order chi connectivity index (χ1) is 6.31. The molecular weight excluding hydrogens is 264 g/mol. The van der Waals surface area contributed by atoms with Gasteiger partial charge in [-0.05, 0) is 0 Å². The van der Waals surface area contributed by atoms with Crippen molar-refractivity contribution < 1.29 is 43.5 Å². The Balaban J connectivity index is 5.19. The second kappa shape index (κ2) is 3.76. The van der Waals surface area contributed by atoms with Crippen LogP contribution >= 0.6 is 0 Å². The van der Waals surface area contributed by atoms with Crippen molar-refractivity contribution in [2.45, 2.75) is 23.4 Å². The molecule has 0 bridgehead atoms. The van der Waals surface area contributed by atoms with Gasteiger partial charge < -0.3 is 0 Å². The van der Waals surface area contributed by atoms with E-state index in [1.807, 2.05) is 0 Å². The number of alkyl halides is 8. The van der Waals surface area contributed by atoms with Crippen LogP contribution in [0.15, 0.2) is 0 Å². The highest BCUT2D eigenvalue weighted by Crippen LogP contribution is 2.35. The van der Waals surface area contributed by atoms with E-state index in [0.717, 1.165) is 0 Å². The summed E-state index contributed by atoms with van der Waals surface area (Å²) in [6, 6.07) is 0. The van der Waals surface area contributed by atoms with Crippen LogP contribution in [0.3, 0.4) is 0 Å². The zero-order valence-corrected chi connectivity index (χ0v) is 7.22. The molecule has 0 aromatic rings. The van der Waals surface area contributed by atoms with Crippen LogP contribution in [0.25, 0.3) is 0 Å². The van der Waals surface area contributed by atoms with Crippen molar-refractivity contribution in [2.24, 2.45) is 0 Å². The van der Waals surface area contributed by atoms with E-state index < -0.39 is 33.2 Å². The van der Waals surface area contributed by atoms with Crippen molar-refractivity contribution in [1.29, 1.82) is 0 Å². The second-order valence-electron chi connectivity index (χ2n) is 2.30. The van der Waals surface area contributed by atoms with Crippen LogP contribution in [0.5, 0.6) is 0 Å². The quantitative estimate of drug-likeness (QED) is 0.717. The van der Waals surface area contributed by atoms with Gasteiger partial charge in [0.2, 0.25) is 9.84 Å². The van der Waals surface area contributed by atoms with Crippen LogP contribution < -0.4 is 0 Å². The van der Waals surface area contributed by atoms with E-state index in [4.69, 9.17) is 0 Å². The van der Waals surface area contributed by atoms with Gasteiger partial charge in [-0.2, -0.15) is 26.3 Å². The highest BCUT2D eigenvalue weighted by Gasteiger charge is 2.60. The Labute approximate surface area is 77.8 Å². The number of halogens is 8. The van der Waals surface area contributed by atoms with Crippen molar-refractivity contribution >= 4 is 9.84 Å². The minimum atomic E-state index is -6.64. The zero-order chi connectivity index (χ0) is 12.7. The highest BCUT2D eigenvalue weighted by molar-refractivity contribution is 7.92. The zero-order valence-electron chi connectivity index (χ0n) is 6.40. The molecule has 0 aromatic heterocycles. The molecule has 0 aliphatic rings. The lowest BCUT2D eigenvalue weighted by molar-refractivity contribution is -0.167. The molecule has 0 fully saturated rings. The standard InChI is InChI=1S/C4H2F8O2S/c5-1(3(7,8)9)15(13,14)2(6)4(10,11)12/h1-2H. The smallest absolute Gasteiger partial charge is 0.222 e. The molecule has 2 atom stereocenters. The maximum atomic E-state index is 12.0. The molecule has 0 aromatic carbocycles. The van der Waals surface area contributed by atoms with E-state index in [9.17, 15) is 43.5 Å². The SMILES string of the molecule is O=S(=O)(C(F)C(F)(F)F)C(F)C(F)(F)F. The molecule has 15 heavy (non-hydrogen) atoms. The average molecular weight is 266 g/mol. The highest BCUT2D eigenvalue weighted by atomic mass is 32.2. The summed E-state index contributed by atoms with van der Waals surface area (Å²) in [6.07, 6.45) is -12.2. The van der Waals surface area contributed by atoms with Gasteiger partial charge >= 0.3 is 12.4 Å². The monoisotopic (exact) mass is 266 g/mol. The number of rotatable bonds is 2. The minimum Gasteiger partial charge on any atom is -0.222 e. The summed E-state index contributed by atoms with van der Waals surface area (Å²) >= 11 is 0. The number of sulfone groups is 1. The van der Waals surface area contributed by atoms with E-state index in [-0.39, 0.29) is 0 Å². The fourth-order valence-electron chi connectivity index (χ4n) is 0.477. The van der Waals surface area contributed by atoms with E-state index >= 15 is 0 Å². The van der Waals surface area contributed by atoms with E-state index in [2.05, 4.69) is 0 Å². The Morgan fingerprint density at radius 1 is 0.733 bits per heavy atom. The molecule has 92 valence electrons. The lowest BCUT2D eigenvalue weighted by atomic mass is 10.7. The second-order valence-corrected chi connectivity index (χ2v) is 4.31. The molecule has 2 nitrogen and oxygen atoms in total. The summed E-state index contributed by atoms with van der Waals surface area (Å²) in [4.78, 5) is 0. The Bertz CT molecular complexity index is 287. The van der Waals surface area contributed by atoms with Crippen LogP contribution in [0.2, 0.25) is 0 Å². The van der Waals surface area contributed by atoms with Crippen molar-refractivity contribution in [3.05, 3.63) is 0 Å². The Hall–Kier alpha value is -0.610. The summed E-state index contributed by atoms with van der Waals surface area (Å²) in [5, 5.41) is 0. The molecule has 2 unspecified atom stereocenters. The van der Waals surface area contributed by atoms with Crippen LogP contribution in [0.4, 0.5) is 35.1 Å². The maximum Gasteiger partial charge on any atom is 0.434 e. The minimum absolute atomic E-state index is 4.90. The van der Waals surface area contributed by atoms with Crippen molar-refractivity contribution in [3.63, 3.8) is 0 Å². The molecule has 0 saturated carbocycles. The molecule has 0 N–H and O–H groups in total. The third-order valence-corrected chi connectivity index (χ3v) is 2.78. The molecule has 0 saturated heterocycles. The summed E-state index contributed by atoms with van der Waals surface area (Å²) in [5.74, 6) is 0. The van der Waals surface area contributed by atoms with Gasteiger partial charge in [-0.15, -0.1) is 0 Å². The third-order valence-electron chi connectivity index (χ3n) is 1.09. The van der Waals surface area contributed by atoms with Gasteiger partial charge in [0.1, 0.15) is 0 Å². The summed E-state index contributed by atoms with van der Waals surface area (Å²) < 4.78 is 113. The van der Waals surface area contributed by atoms with E-state index in [0.29, 0.717) is 0 Å². The molecule has 0 spiro atoms. The van der Waals surface area contributed by atoms with Crippen LogP contribution in [0.1, 0.15) is 0 Å². The summed E-state index contributed by atoms with van der Waals surface area (Å²) in [6.45, 7) is 0. The maximum absolute atomic E-state index is 12.0. The topological polar surface area (TPSA) is 34.1 Å². The van der Waals surface area contributed by atoms with Gasteiger partial charge in [-0.25, -0.2) is 17.2 Å². The molecule has 0 radical (unpaired) electrons. The largest absolute Gasteiger partial charge is 0.434 e. The molecule has 0 aliphatic heterocycles. The van der Waals surface area contributed by atoms with Gasteiger partial charge in [0.05, 0.1) is 0 Å². The molecule has 0 amide bonds. The fourth-order valence-corrected chi connectivity index (χ4v) is 1.43.